The Morgan fingerprint density at radius 2 is 1.91 bits per heavy atom. The zero-order valence-corrected chi connectivity index (χ0v) is 12.6. The number of rotatable bonds is 3. The van der Waals surface area contributed by atoms with Crippen molar-refractivity contribution in [3.8, 4) is 11.3 Å². The summed E-state index contributed by atoms with van der Waals surface area (Å²) in [5, 5.41) is 10.2. The van der Waals surface area contributed by atoms with E-state index in [1.54, 1.807) is 6.07 Å². The molecule has 0 aliphatic heterocycles. The highest BCUT2D eigenvalue weighted by atomic mass is 16.4. The van der Waals surface area contributed by atoms with Gasteiger partial charge in [-0.05, 0) is 31.0 Å². The Hall–Kier alpha value is -2.68. The summed E-state index contributed by atoms with van der Waals surface area (Å²) in [6.45, 7) is 4.07. The molecule has 0 unspecified atom stereocenters. The Morgan fingerprint density at radius 1 is 1.14 bits per heavy atom. The van der Waals surface area contributed by atoms with Gasteiger partial charge in [-0.25, -0.2) is 9.78 Å². The molecule has 3 nitrogen and oxygen atoms in total. The van der Waals surface area contributed by atoms with Crippen molar-refractivity contribution >= 4 is 16.9 Å². The SMILES string of the molecule is CCc1cccc2c(C(=O)O)cc(-c3cccc(C)c3)nc12. The summed E-state index contributed by atoms with van der Waals surface area (Å²) < 4.78 is 0. The third-order valence-electron chi connectivity index (χ3n) is 3.85. The smallest absolute Gasteiger partial charge is 0.336 e. The molecule has 0 radical (unpaired) electrons. The fourth-order valence-electron chi connectivity index (χ4n) is 2.72. The number of fused-ring (bicyclic) bond motifs is 1. The maximum absolute atomic E-state index is 11.6. The van der Waals surface area contributed by atoms with Gasteiger partial charge in [-0.1, -0.05) is 48.9 Å². The monoisotopic (exact) mass is 291 g/mol. The minimum Gasteiger partial charge on any atom is -0.478 e. The first kappa shape index (κ1) is 14.3. The number of carbonyl (C=O) groups is 1. The lowest BCUT2D eigenvalue weighted by atomic mass is 10.00. The topological polar surface area (TPSA) is 50.2 Å². The van der Waals surface area contributed by atoms with Gasteiger partial charge >= 0.3 is 5.97 Å². The highest BCUT2D eigenvalue weighted by Crippen LogP contribution is 2.27. The molecule has 0 saturated carbocycles. The number of aromatic nitrogens is 1. The van der Waals surface area contributed by atoms with Gasteiger partial charge in [0, 0.05) is 10.9 Å². The largest absolute Gasteiger partial charge is 0.478 e. The van der Waals surface area contributed by atoms with E-state index in [0.29, 0.717) is 16.6 Å². The number of hydrogen-bond donors (Lipinski definition) is 1. The molecular formula is C19H17NO2. The van der Waals surface area contributed by atoms with Gasteiger partial charge in [0.25, 0.3) is 0 Å². The van der Waals surface area contributed by atoms with E-state index < -0.39 is 5.97 Å². The molecule has 0 amide bonds. The molecule has 22 heavy (non-hydrogen) atoms. The number of para-hydroxylation sites is 1. The molecule has 1 heterocycles. The van der Waals surface area contributed by atoms with E-state index in [2.05, 4.69) is 6.92 Å². The molecule has 0 aliphatic rings. The van der Waals surface area contributed by atoms with Crippen LogP contribution in [0.1, 0.15) is 28.4 Å². The molecule has 0 spiro atoms. The molecule has 3 rings (SSSR count). The molecule has 2 aromatic carbocycles. The number of carboxylic acids is 1. The van der Waals surface area contributed by atoms with Gasteiger partial charge in [-0.3, -0.25) is 0 Å². The highest BCUT2D eigenvalue weighted by molar-refractivity contribution is 6.04. The van der Waals surface area contributed by atoms with Gasteiger partial charge in [0.1, 0.15) is 0 Å². The van der Waals surface area contributed by atoms with Crippen LogP contribution >= 0.6 is 0 Å². The second-order valence-corrected chi connectivity index (χ2v) is 5.40. The minimum atomic E-state index is -0.922. The van der Waals surface area contributed by atoms with Crippen LogP contribution in [-0.4, -0.2) is 16.1 Å². The van der Waals surface area contributed by atoms with Gasteiger partial charge in [0.15, 0.2) is 0 Å². The molecule has 0 aliphatic carbocycles. The average Bonchev–Trinajstić information content (AvgIpc) is 2.53. The van der Waals surface area contributed by atoms with Crippen LogP contribution in [-0.2, 0) is 6.42 Å². The molecule has 0 atom stereocenters. The van der Waals surface area contributed by atoms with Crippen molar-refractivity contribution in [1.29, 1.82) is 0 Å². The van der Waals surface area contributed by atoms with Crippen LogP contribution < -0.4 is 0 Å². The number of nitrogens with zero attached hydrogens (tertiary/aromatic N) is 1. The van der Waals surface area contributed by atoms with Crippen LogP contribution in [0.3, 0.4) is 0 Å². The second kappa shape index (κ2) is 5.60. The Labute approximate surface area is 129 Å². The van der Waals surface area contributed by atoms with E-state index in [9.17, 15) is 9.90 Å². The molecule has 0 saturated heterocycles. The summed E-state index contributed by atoms with van der Waals surface area (Å²) in [6.07, 6.45) is 0.820. The van der Waals surface area contributed by atoms with Crippen LogP contribution in [0, 0.1) is 6.92 Å². The molecule has 0 bridgehead atoms. The first-order valence-electron chi connectivity index (χ1n) is 7.33. The first-order valence-corrected chi connectivity index (χ1v) is 7.33. The Balaban J connectivity index is 2.35. The number of carboxylic acid groups (broad SMARTS) is 1. The van der Waals surface area contributed by atoms with Crippen LogP contribution in [0.4, 0.5) is 0 Å². The number of aryl methyl sites for hydroxylation is 2. The molecule has 110 valence electrons. The van der Waals surface area contributed by atoms with Gasteiger partial charge in [-0.2, -0.15) is 0 Å². The Morgan fingerprint density at radius 3 is 2.59 bits per heavy atom. The van der Waals surface area contributed by atoms with Gasteiger partial charge < -0.3 is 5.11 Å². The number of hydrogen-bond acceptors (Lipinski definition) is 2. The minimum absolute atomic E-state index is 0.303. The standard InChI is InChI=1S/C19H17NO2/c1-3-13-7-5-9-15-16(19(21)22)11-17(20-18(13)15)14-8-4-6-12(2)10-14/h4-11H,3H2,1-2H3,(H,21,22). The van der Waals surface area contributed by atoms with Crippen molar-refractivity contribution in [3.05, 3.63) is 65.2 Å². The van der Waals surface area contributed by atoms with Crippen molar-refractivity contribution in [3.63, 3.8) is 0 Å². The van der Waals surface area contributed by atoms with E-state index >= 15 is 0 Å². The summed E-state index contributed by atoms with van der Waals surface area (Å²) in [5.74, 6) is -0.922. The maximum Gasteiger partial charge on any atom is 0.336 e. The zero-order chi connectivity index (χ0) is 15.7. The predicted octanol–water partition coefficient (Wildman–Crippen LogP) is 4.47. The van der Waals surface area contributed by atoms with Crippen molar-refractivity contribution in [1.82, 2.24) is 4.98 Å². The van der Waals surface area contributed by atoms with Gasteiger partial charge in [0.05, 0.1) is 16.8 Å². The van der Waals surface area contributed by atoms with E-state index in [0.717, 1.165) is 28.6 Å². The highest BCUT2D eigenvalue weighted by Gasteiger charge is 2.14. The van der Waals surface area contributed by atoms with E-state index in [1.165, 1.54) is 0 Å². The lowest BCUT2D eigenvalue weighted by Crippen LogP contribution is -2.01. The molecular weight excluding hydrogens is 274 g/mol. The molecule has 0 fully saturated rings. The maximum atomic E-state index is 11.6. The van der Waals surface area contributed by atoms with Crippen molar-refractivity contribution in [2.24, 2.45) is 0 Å². The Kier molecular flexibility index (Phi) is 3.63. The van der Waals surface area contributed by atoms with E-state index in [1.807, 2.05) is 49.4 Å². The van der Waals surface area contributed by atoms with E-state index in [4.69, 9.17) is 4.98 Å². The fraction of sp³-hybridized carbons (Fsp3) is 0.158. The number of benzene rings is 2. The van der Waals surface area contributed by atoms with Crippen molar-refractivity contribution < 1.29 is 9.90 Å². The fourth-order valence-corrected chi connectivity index (χ4v) is 2.72. The van der Waals surface area contributed by atoms with Crippen molar-refractivity contribution in [2.75, 3.05) is 0 Å². The zero-order valence-electron chi connectivity index (χ0n) is 12.6. The normalized spacial score (nSPS) is 10.8. The summed E-state index contributed by atoms with van der Waals surface area (Å²) >= 11 is 0. The second-order valence-electron chi connectivity index (χ2n) is 5.40. The van der Waals surface area contributed by atoms with E-state index in [-0.39, 0.29) is 0 Å². The first-order chi connectivity index (χ1) is 10.6. The summed E-state index contributed by atoms with van der Waals surface area (Å²) in [5.41, 5.74) is 4.91. The lowest BCUT2D eigenvalue weighted by molar-refractivity contribution is 0.0699. The number of pyridine rings is 1. The summed E-state index contributed by atoms with van der Waals surface area (Å²) in [6, 6.07) is 15.3. The van der Waals surface area contributed by atoms with Crippen LogP contribution in [0.15, 0.2) is 48.5 Å². The van der Waals surface area contributed by atoms with Gasteiger partial charge in [0.2, 0.25) is 0 Å². The summed E-state index contributed by atoms with van der Waals surface area (Å²) in [7, 11) is 0. The van der Waals surface area contributed by atoms with Crippen molar-refractivity contribution in [2.45, 2.75) is 20.3 Å². The van der Waals surface area contributed by atoms with Crippen LogP contribution in [0.25, 0.3) is 22.2 Å². The molecule has 3 aromatic rings. The molecule has 1 N–H and O–H groups in total. The lowest BCUT2D eigenvalue weighted by Gasteiger charge is -2.10. The summed E-state index contributed by atoms with van der Waals surface area (Å²) in [4.78, 5) is 16.4. The van der Waals surface area contributed by atoms with Gasteiger partial charge in [-0.15, -0.1) is 0 Å². The predicted molar refractivity (Wildman–Crippen MR) is 88.3 cm³/mol. The molecule has 3 heteroatoms. The average molecular weight is 291 g/mol. The quantitative estimate of drug-likeness (QED) is 0.774. The van der Waals surface area contributed by atoms with Crippen LogP contribution in [0.2, 0.25) is 0 Å². The number of aromatic carboxylic acids is 1. The third kappa shape index (κ3) is 2.46. The Bertz CT molecular complexity index is 868. The van der Waals surface area contributed by atoms with Crippen LogP contribution in [0.5, 0.6) is 0 Å². The third-order valence-corrected chi connectivity index (χ3v) is 3.85. The molecule has 1 aromatic heterocycles.